The van der Waals surface area contributed by atoms with E-state index in [0.29, 0.717) is 19.4 Å². The average molecular weight is 350 g/mol. The molecule has 0 aromatic heterocycles. The van der Waals surface area contributed by atoms with Crippen LogP contribution < -0.4 is 5.32 Å². The second-order valence-electron chi connectivity index (χ2n) is 5.66. The Morgan fingerprint density at radius 3 is 2.68 bits per heavy atom. The summed E-state index contributed by atoms with van der Waals surface area (Å²) in [7, 11) is 1.17. The average Bonchev–Trinajstić information content (AvgIpc) is 3.14. The van der Waals surface area contributed by atoms with Gasteiger partial charge in [-0.2, -0.15) is 0 Å². The van der Waals surface area contributed by atoms with E-state index >= 15 is 0 Å². The molecule has 1 aliphatic heterocycles. The van der Waals surface area contributed by atoms with Crippen LogP contribution >= 0.6 is 0 Å². The van der Waals surface area contributed by atoms with Crippen LogP contribution in [0.1, 0.15) is 18.4 Å². The summed E-state index contributed by atoms with van der Waals surface area (Å²) >= 11 is 0. The van der Waals surface area contributed by atoms with Gasteiger partial charge in [-0.25, -0.2) is 9.59 Å². The number of hydrogen-bond acceptors (Lipinski definition) is 6. The Morgan fingerprint density at radius 1 is 1.32 bits per heavy atom. The number of hydrogen-bond donors (Lipinski definition) is 2. The maximum Gasteiger partial charge on any atom is 0.410 e. The summed E-state index contributed by atoms with van der Waals surface area (Å²) in [6, 6.07) is 7.34. The maximum absolute atomic E-state index is 12.3. The standard InChI is InChI=1S/C17H22N2O6/c1-24-16(22)13(10-20)18-15(21)14-8-5-9-19(14)17(23)25-11-12-6-3-2-4-7-12/h2-4,6-7,13-14,20H,5,8-11H2,1H3,(H,18,21)/t13-,14+/m1/s1. The van der Waals surface area contributed by atoms with Crippen molar-refractivity contribution in [1.29, 1.82) is 0 Å². The van der Waals surface area contributed by atoms with Gasteiger partial charge in [-0.1, -0.05) is 30.3 Å². The monoisotopic (exact) mass is 350 g/mol. The first kappa shape index (κ1) is 18.7. The van der Waals surface area contributed by atoms with Gasteiger partial charge in [0.05, 0.1) is 13.7 Å². The zero-order valence-electron chi connectivity index (χ0n) is 14.0. The van der Waals surface area contributed by atoms with Crippen molar-refractivity contribution < 1.29 is 29.0 Å². The number of carbonyl (C=O) groups excluding carboxylic acids is 3. The molecule has 1 aromatic carbocycles. The molecule has 2 rings (SSSR count). The van der Waals surface area contributed by atoms with Crippen LogP contribution in [0.4, 0.5) is 4.79 Å². The van der Waals surface area contributed by atoms with Crippen molar-refractivity contribution in [2.24, 2.45) is 0 Å². The number of nitrogens with one attached hydrogen (secondary N) is 1. The number of nitrogens with zero attached hydrogens (tertiary/aromatic N) is 1. The highest BCUT2D eigenvalue weighted by atomic mass is 16.6. The van der Waals surface area contributed by atoms with E-state index in [-0.39, 0.29) is 6.61 Å². The number of ether oxygens (including phenoxy) is 2. The smallest absolute Gasteiger partial charge is 0.410 e. The minimum atomic E-state index is -1.15. The molecule has 25 heavy (non-hydrogen) atoms. The van der Waals surface area contributed by atoms with Crippen LogP contribution in [0.15, 0.2) is 30.3 Å². The van der Waals surface area contributed by atoms with E-state index in [2.05, 4.69) is 10.1 Å². The van der Waals surface area contributed by atoms with Gasteiger partial charge >= 0.3 is 12.1 Å². The molecule has 0 spiro atoms. The van der Waals surface area contributed by atoms with Crippen LogP contribution in [0.5, 0.6) is 0 Å². The highest BCUT2D eigenvalue weighted by molar-refractivity contribution is 5.90. The molecule has 8 nitrogen and oxygen atoms in total. The highest BCUT2D eigenvalue weighted by Gasteiger charge is 2.36. The van der Waals surface area contributed by atoms with Gasteiger partial charge < -0.3 is 19.9 Å². The van der Waals surface area contributed by atoms with Crippen molar-refractivity contribution in [2.75, 3.05) is 20.3 Å². The van der Waals surface area contributed by atoms with Gasteiger partial charge in [-0.3, -0.25) is 9.69 Å². The summed E-state index contributed by atoms with van der Waals surface area (Å²) in [5.41, 5.74) is 0.849. The lowest BCUT2D eigenvalue weighted by Crippen LogP contribution is -2.52. The summed E-state index contributed by atoms with van der Waals surface area (Å²) in [6.07, 6.45) is 0.534. The van der Waals surface area contributed by atoms with E-state index < -0.39 is 36.7 Å². The molecular formula is C17H22N2O6. The number of likely N-dealkylation sites (tertiary alicyclic amines) is 1. The summed E-state index contributed by atoms with van der Waals surface area (Å²) in [5, 5.41) is 11.6. The zero-order chi connectivity index (χ0) is 18.2. The molecule has 2 amide bonds. The van der Waals surface area contributed by atoms with Crippen LogP contribution in [0.25, 0.3) is 0 Å². The molecule has 0 radical (unpaired) electrons. The Hall–Kier alpha value is -2.61. The minimum absolute atomic E-state index is 0.117. The molecule has 1 aromatic rings. The molecule has 2 atom stereocenters. The van der Waals surface area contributed by atoms with Crippen LogP contribution in [0, 0.1) is 0 Å². The summed E-state index contributed by atoms with van der Waals surface area (Å²) in [6.45, 7) is -0.0662. The SMILES string of the molecule is COC(=O)[C@@H](CO)NC(=O)[C@@H]1CCCN1C(=O)OCc1ccccc1. The van der Waals surface area contributed by atoms with Crippen LogP contribution in [-0.2, 0) is 25.7 Å². The fourth-order valence-corrected chi connectivity index (χ4v) is 2.65. The van der Waals surface area contributed by atoms with Crippen molar-refractivity contribution in [3.63, 3.8) is 0 Å². The predicted octanol–water partition coefficient (Wildman–Crippen LogP) is 0.438. The van der Waals surface area contributed by atoms with E-state index in [9.17, 15) is 19.5 Å². The number of rotatable bonds is 6. The van der Waals surface area contributed by atoms with Gasteiger partial charge in [-0.15, -0.1) is 0 Å². The fourth-order valence-electron chi connectivity index (χ4n) is 2.65. The molecule has 2 N–H and O–H groups in total. The van der Waals surface area contributed by atoms with E-state index in [1.54, 1.807) is 0 Å². The first-order valence-electron chi connectivity index (χ1n) is 8.03. The summed E-state index contributed by atoms with van der Waals surface area (Å²) < 4.78 is 9.77. The lowest BCUT2D eigenvalue weighted by atomic mass is 10.2. The third kappa shape index (κ3) is 4.93. The molecule has 0 bridgehead atoms. The number of methoxy groups -OCH3 is 1. The van der Waals surface area contributed by atoms with E-state index in [4.69, 9.17) is 4.74 Å². The van der Waals surface area contributed by atoms with Gasteiger partial charge in [-0.05, 0) is 18.4 Å². The van der Waals surface area contributed by atoms with E-state index in [1.165, 1.54) is 12.0 Å². The van der Waals surface area contributed by atoms with Crippen molar-refractivity contribution in [3.05, 3.63) is 35.9 Å². The number of aliphatic hydroxyl groups excluding tert-OH is 1. The Labute approximate surface area is 145 Å². The number of benzene rings is 1. The number of esters is 1. The van der Waals surface area contributed by atoms with Crippen molar-refractivity contribution in [1.82, 2.24) is 10.2 Å². The number of amides is 2. The molecule has 0 aliphatic carbocycles. The van der Waals surface area contributed by atoms with Crippen LogP contribution in [0.2, 0.25) is 0 Å². The molecule has 1 fully saturated rings. The Morgan fingerprint density at radius 2 is 2.04 bits per heavy atom. The first-order valence-corrected chi connectivity index (χ1v) is 8.03. The molecule has 0 unspecified atom stereocenters. The predicted molar refractivity (Wildman–Crippen MR) is 87.4 cm³/mol. The molecule has 1 saturated heterocycles. The van der Waals surface area contributed by atoms with Crippen molar-refractivity contribution >= 4 is 18.0 Å². The largest absolute Gasteiger partial charge is 0.467 e. The van der Waals surface area contributed by atoms with Gasteiger partial charge in [0.15, 0.2) is 6.04 Å². The van der Waals surface area contributed by atoms with E-state index in [0.717, 1.165) is 5.56 Å². The second-order valence-corrected chi connectivity index (χ2v) is 5.66. The van der Waals surface area contributed by atoms with Crippen LogP contribution in [0.3, 0.4) is 0 Å². The molecule has 1 heterocycles. The van der Waals surface area contributed by atoms with Gasteiger partial charge in [0.1, 0.15) is 12.6 Å². The lowest BCUT2D eigenvalue weighted by molar-refractivity contribution is -0.146. The zero-order valence-corrected chi connectivity index (χ0v) is 14.0. The summed E-state index contributed by atoms with van der Waals surface area (Å²) in [4.78, 5) is 37.4. The molecule has 0 saturated carbocycles. The molecule has 1 aliphatic rings. The molecule has 8 heteroatoms. The fraction of sp³-hybridized carbons (Fsp3) is 0.471. The van der Waals surface area contributed by atoms with E-state index in [1.807, 2.05) is 30.3 Å². The van der Waals surface area contributed by atoms with Crippen molar-refractivity contribution in [3.8, 4) is 0 Å². The number of carbonyl (C=O) groups is 3. The molecule has 136 valence electrons. The van der Waals surface area contributed by atoms with Crippen molar-refractivity contribution in [2.45, 2.75) is 31.5 Å². The topological polar surface area (TPSA) is 105 Å². The van der Waals surface area contributed by atoms with Gasteiger partial charge in [0, 0.05) is 6.54 Å². The minimum Gasteiger partial charge on any atom is -0.467 e. The Bertz CT molecular complexity index is 606. The quantitative estimate of drug-likeness (QED) is 0.721. The first-order chi connectivity index (χ1) is 12.1. The van der Waals surface area contributed by atoms with Crippen LogP contribution in [-0.4, -0.2) is 60.3 Å². The number of aliphatic hydroxyl groups is 1. The third-order valence-corrected chi connectivity index (χ3v) is 3.98. The van der Waals surface area contributed by atoms with Gasteiger partial charge in [0.25, 0.3) is 0 Å². The maximum atomic E-state index is 12.3. The second kappa shape index (κ2) is 9.03. The highest BCUT2D eigenvalue weighted by Crippen LogP contribution is 2.19. The molecular weight excluding hydrogens is 328 g/mol. The summed E-state index contributed by atoms with van der Waals surface area (Å²) in [5.74, 6) is -1.26. The Kier molecular flexibility index (Phi) is 6.76. The normalized spacial score (nSPS) is 17.7. The van der Waals surface area contributed by atoms with Gasteiger partial charge in [0.2, 0.25) is 5.91 Å². The third-order valence-electron chi connectivity index (χ3n) is 3.98. The Balaban J connectivity index is 1.93. The lowest BCUT2D eigenvalue weighted by Gasteiger charge is -2.24.